The highest BCUT2D eigenvalue weighted by atomic mass is 16.8. The molecule has 2 aliphatic rings. The first-order valence-corrected chi connectivity index (χ1v) is 8.57. The van der Waals surface area contributed by atoms with Gasteiger partial charge in [0.1, 0.15) is 18.3 Å². The van der Waals surface area contributed by atoms with Crippen LogP contribution in [0.5, 0.6) is 0 Å². The highest BCUT2D eigenvalue weighted by molar-refractivity contribution is 5.17. The standard InChI is InChI=1S/C20H22O5/c1-13-16(21)17-18(25-19(24-17)15-10-6-3-7-11-15)20(23-13)22-12-14-8-4-2-5-9-14/h2-11,13,16-21H,12H2,1H3/t13-,16-,17-,18+,19+,20-/m0/s1. The minimum Gasteiger partial charge on any atom is -0.388 e. The molecule has 0 radical (unpaired) electrons. The van der Waals surface area contributed by atoms with Gasteiger partial charge < -0.3 is 24.1 Å². The van der Waals surface area contributed by atoms with Crippen LogP contribution in [-0.4, -0.2) is 35.8 Å². The van der Waals surface area contributed by atoms with Crippen molar-refractivity contribution in [3.05, 3.63) is 71.8 Å². The van der Waals surface area contributed by atoms with Crippen molar-refractivity contribution in [3.8, 4) is 0 Å². The van der Waals surface area contributed by atoms with Gasteiger partial charge in [-0.15, -0.1) is 0 Å². The average molecular weight is 342 g/mol. The van der Waals surface area contributed by atoms with Gasteiger partial charge in [-0.1, -0.05) is 60.7 Å². The third-order valence-electron chi connectivity index (χ3n) is 4.65. The summed E-state index contributed by atoms with van der Waals surface area (Å²) in [5.74, 6) is 0. The molecule has 0 spiro atoms. The van der Waals surface area contributed by atoms with Crippen LogP contribution in [-0.2, 0) is 25.6 Å². The fraction of sp³-hybridized carbons (Fsp3) is 0.400. The van der Waals surface area contributed by atoms with E-state index in [1.165, 1.54) is 0 Å². The second-order valence-corrected chi connectivity index (χ2v) is 6.44. The van der Waals surface area contributed by atoms with Crippen molar-refractivity contribution in [1.29, 1.82) is 0 Å². The van der Waals surface area contributed by atoms with Gasteiger partial charge >= 0.3 is 0 Å². The number of benzene rings is 2. The molecular formula is C20H22O5. The van der Waals surface area contributed by atoms with Crippen LogP contribution in [0.4, 0.5) is 0 Å². The molecule has 2 aromatic rings. The molecule has 2 saturated heterocycles. The van der Waals surface area contributed by atoms with Gasteiger partial charge in [0.15, 0.2) is 12.6 Å². The van der Waals surface area contributed by atoms with Gasteiger partial charge in [-0.25, -0.2) is 0 Å². The van der Waals surface area contributed by atoms with E-state index in [4.69, 9.17) is 18.9 Å². The van der Waals surface area contributed by atoms with Crippen molar-refractivity contribution in [2.45, 2.75) is 50.5 Å². The van der Waals surface area contributed by atoms with E-state index in [0.717, 1.165) is 11.1 Å². The topological polar surface area (TPSA) is 57.2 Å². The SMILES string of the molecule is C[C@@H]1O[C@H](OCc2ccccc2)[C@@H]2O[C@H](c3ccccc3)O[C@H]2[C@H]1O. The maximum absolute atomic E-state index is 10.4. The van der Waals surface area contributed by atoms with Crippen molar-refractivity contribution < 1.29 is 24.1 Å². The van der Waals surface area contributed by atoms with Crippen LogP contribution >= 0.6 is 0 Å². The van der Waals surface area contributed by atoms with Gasteiger partial charge in [0, 0.05) is 5.56 Å². The van der Waals surface area contributed by atoms with E-state index in [2.05, 4.69) is 0 Å². The molecule has 2 aromatic carbocycles. The summed E-state index contributed by atoms with van der Waals surface area (Å²) in [6.45, 7) is 2.23. The molecular weight excluding hydrogens is 320 g/mol. The van der Waals surface area contributed by atoms with Gasteiger partial charge in [0.05, 0.1) is 12.7 Å². The maximum atomic E-state index is 10.4. The quantitative estimate of drug-likeness (QED) is 0.926. The molecule has 132 valence electrons. The number of ether oxygens (including phenoxy) is 4. The Morgan fingerprint density at radius 1 is 0.880 bits per heavy atom. The third-order valence-corrected chi connectivity index (χ3v) is 4.65. The molecule has 0 amide bonds. The van der Waals surface area contributed by atoms with Crippen LogP contribution in [0.15, 0.2) is 60.7 Å². The maximum Gasteiger partial charge on any atom is 0.187 e. The van der Waals surface area contributed by atoms with E-state index >= 15 is 0 Å². The zero-order valence-electron chi connectivity index (χ0n) is 14.0. The summed E-state index contributed by atoms with van der Waals surface area (Å²) < 4.78 is 23.8. The Kier molecular flexibility index (Phi) is 4.83. The lowest BCUT2D eigenvalue weighted by Gasteiger charge is -2.38. The van der Waals surface area contributed by atoms with E-state index in [0.29, 0.717) is 6.61 Å². The summed E-state index contributed by atoms with van der Waals surface area (Å²) >= 11 is 0. The molecule has 0 bridgehead atoms. The Hall–Kier alpha value is -1.76. The lowest BCUT2D eigenvalue weighted by molar-refractivity contribution is -0.274. The highest BCUT2D eigenvalue weighted by Crippen LogP contribution is 2.39. The zero-order chi connectivity index (χ0) is 17.2. The number of fused-ring (bicyclic) bond motifs is 1. The predicted octanol–water partition coefficient (Wildman–Crippen LogP) is 2.79. The molecule has 2 fully saturated rings. The molecule has 0 aromatic heterocycles. The van der Waals surface area contributed by atoms with Gasteiger partial charge in [0.25, 0.3) is 0 Å². The van der Waals surface area contributed by atoms with Gasteiger partial charge in [-0.05, 0) is 12.5 Å². The van der Waals surface area contributed by atoms with Crippen molar-refractivity contribution in [1.82, 2.24) is 0 Å². The van der Waals surface area contributed by atoms with Crippen LogP contribution in [0.3, 0.4) is 0 Å². The van der Waals surface area contributed by atoms with Crippen molar-refractivity contribution in [3.63, 3.8) is 0 Å². The first kappa shape index (κ1) is 16.7. The van der Waals surface area contributed by atoms with Crippen molar-refractivity contribution >= 4 is 0 Å². The lowest BCUT2D eigenvalue weighted by atomic mass is 10.00. The van der Waals surface area contributed by atoms with E-state index < -0.39 is 30.9 Å². The van der Waals surface area contributed by atoms with Crippen LogP contribution in [0.2, 0.25) is 0 Å². The molecule has 25 heavy (non-hydrogen) atoms. The summed E-state index contributed by atoms with van der Waals surface area (Å²) in [5, 5.41) is 10.4. The fourth-order valence-electron chi connectivity index (χ4n) is 3.26. The number of hydrogen-bond donors (Lipinski definition) is 1. The molecule has 2 aliphatic heterocycles. The number of hydrogen-bond acceptors (Lipinski definition) is 5. The Morgan fingerprint density at radius 3 is 2.24 bits per heavy atom. The minimum atomic E-state index is -0.754. The first-order valence-electron chi connectivity index (χ1n) is 8.57. The predicted molar refractivity (Wildman–Crippen MR) is 90.5 cm³/mol. The van der Waals surface area contributed by atoms with Gasteiger partial charge in [0.2, 0.25) is 0 Å². The smallest absolute Gasteiger partial charge is 0.187 e. The molecule has 0 aliphatic carbocycles. The van der Waals surface area contributed by atoms with E-state index in [-0.39, 0.29) is 6.10 Å². The van der Waals surface area contributed by atoms with Crippen molar-refractivity contribution in [2.75, 3.05) is 0 Å². The Bertz CT molecular complexity index is 677. The Balaban J connectivity index is 1.48. The Labute approximate surface area is 147 Å². The van der Waals surface area contributed by atoms with Crippen molar-refractivity contribution in [2.24, 2.45) is 0 Å². The lowest BCUT2D eigenvalue weighted by Crippen LogP contribution is -2.55. The van der Waals surface area contributed by atoms with Crippen LogP contribution in [0, 0.1) is 0 Å². The monoisotopic (exact) mass is 342 g/mol. The van der Waals surface area contributed by atoms with Gasteiger partial charge in [-0.3, -0.25) is 0 Å². The number of rotatable bonds is 4. The average Bonchev–Trinajstić information content (AvgIpc) is 3.11. The van der Waals surface area contributed by atoms with Gasteiger partial charge in [-0.2, -0.15) is 0 Å². The first-order chi connectivity index (χ1) is 12.2. The molecule has 0 saturated carbocycles. The van der Waals surface area contributed by atoms with E-state index in [9.17, 15) is 5.11 Å². The van der Waals surface area contributed by atoms with E-state index in [1.807, 2.05) is 67.6 Å². The van der Waals surface area contributed by atoms with Crippen LogP contribution in [0.25, 0.3) is 0 Å². The van der Waals surface area contributed by atoms with E-state index in [1.54, 1.807) is 0 Å². The third kappa shape index (κ3) is 3.47. The summed E-state index contributed by atoms with van der Waals surface area (Å²) in [6.07, 6.45) is -3.20. The molecule has 1 N–H and O–H groups in total. The molecule has 0 unspecified atom stereocenters. The number of aliphatic hydroxyl groups excluding tert-OH is 1. The zero-order valence-corrected chi connectivity index (χ0v) is 14.0. The second-order valence-electron chi connectivity index (χ2n) is 6.44. The summed E-state index contributed by atoms with van der Waals surface area (Å²) in [6, 6.07) is 19.6. The second kappa shape index (κ2) is 7.23. The molecule has 6 atom stereocenters. The number of aliphatic hydroxyl groups is 1. The summed E-state index contributed by atoms with van der Waals surface area (Å²) in [7, 11) is 0. The molecule has 4 rings (SSSR count). The minimum absolute atomic E-state index is 0.389. The van der Waals surface area contributed by atoms with Crippen LogP contribution in [0.1, 0.15) is 24.3 Å². The largest absolute Gasteiger partial charge is 0.388 e. The molecule has 2 heterocycles. The normalized spacial score (nSPS) is 34.6. The van der Waals surface area contributed by atoms with Crippen LogP contribution < -0.4 is 0 Å². The molecule has 5 nitrogen and oxygen atoms in total. The molecule has 5 heteroatoms. The highest BCUT2D eigenvalue weighted by Gasteiger charge is 2.52. The fourth-order valence-corrected chi connectivity index (χ4v) is 3.26. The summed E-state index contributed by atoms with van der Waals surface area (Å²) in [5.41, 5.74) is 1.97. The Morgan fingerprint density at radius 2 is 1.52 bits per heavy atom. The summed E-state index contributed by atoms with van der Waals surface area (Å²) in [4.78, 5) is 0.